The third kappa shape index (κ3) is 5.04. The number of nitrogens with one attached hydrogen (secondary N) is 1. The first-order valence-electron chi connectivity index (χ1n) is 12.2. The predicted octanol–water partition coefficient (Wildman–Crippen LogP) is 6.79. The van der Waals surface area contributed by atoms with Gasteiger partial charge in [-0.1, -0.05) is 6.07 Å². The lowest BCUT2D eigenvalue weighted by molar-refractivity contribution is 0.0689. The number of hydrogen-bond acceptors (Lipinski definition) is 6. The van der Waals surface area contributed by atoms with E-state index >= 15 is 0 Å². The van der Waals surface area contributed by atoms with E-state index in [9.17, 15) is 14.3 Å². The van der Waals surface area contributed by atoms with Gasteiger partial charge >= 0.3 is 5.97 Å². The highest BCUT2D eigenvalue weighted by Crippen LogP contribution is 2.34. The quantitative estimate of drug-likeness (QED) is 0.274. The standard InChI is InChI=1S/C28H28FN3O3S/c1-16-11-19(29)13-23-21(17(2)36-27(16)23)9-10-30-26-14-24(31-15-32-26)18-7-8-22(28(33)34)25(12-18)35-20-5-3-4-6-20/h7-8,11-15,20H,3-6,9-10H2,1-2H3,(H,33,34)(H,30,31,32). The summed E-state index contributed by atoms with van der Waals surface area (Å²) in [5, 5.41) is 13.9. The zero-order valence-electron chi connectivity index (χ0n) is 20.3. The minimum absolute atomic E-state index is 0.0508. The van der Waals surface area contributed by atoms with E-state index in [0.717, 1.165) is 58.9 Å². The monoisotopic (exact) mass is 505 g/mol. The molecule has 0 spiro atoms. The highest BCUT2D eigenvalue weighted by Gasteiger charge is 2.21. The molecule has 4 aromatic rings. The number of anilines is 1. The Bertz CT molecular complexity index is 1430. The Morgan fingerprint density at radius 1 is 1.17 bits per heavy atom. The average Bonchev–Trinajstić information content (AvgIpc) is 3.47. The molecule has 0 unspecified atom stereocenters. The van der Waals surface area contributed by atoms with Gasteiger partial charge in [0.15, 0.2) is 0 Å². The van der Waals surface area contributed by atoms with Gasteiger partial charge in [0.25, 0.3) is 0 Å². The molecule has 0 radical (unpaired) electrons. The van der Waals surface area contributed by atoms with E-state index in [2.05, 4.69) is 22.2 Å². The van der Waals surface area contributed by atoms with Crippen LogP contribution >= 0.6 is 11.3 Å². The zero-order chi connectivity index (χ0) is 25.2. The molecule has 0 aliphatic heterocycles. The van der Waals surface area contributed by atoms with E-state index in [1.165, 1.54) is 11.2 Å². The van der Waals surface area contributed by atoms with Gasteiger partial charge in [-0.2, -0.15) is 0 Å². The second-order valence-electron chi connectivity index (χ2n) is 9.24. The predicted molar refractivity (Wildman–Crippen MR) is 141 cm³/mol. The number of hydrogen-bond donors (Lipinski definition) is 2. The molecule has 8 heteroatoms. The Balaban J connectivity index is 1.33. The van der Waals surface area contributed by atoms with Gasteiger partial charge in [-0.05, 0) is 86.7 Å². The van der Waals surface area contributed by atoms with Crippen molar-refractivity contribution in [2.45, 2.75) is 52.1 Å². The van der Waals surface area contributed by atoms with E-state index in [1.54, 1.807) is 41.7 Å². The van der Waals surface area contributed by atoms with Crippen LogP contribution < -0.4 is 10.1 Å². The van der Waals surface area contributed by atoms with Crippen molar-refractivity contribution in [3.63, 3.8) is 0 Å². The fourth-order valence-corrected chi connectivity index (χ4v) is 6.03. The largest absolute Gasteiger partial charge is 0.490 e. The topological polar surface area (TPSA) is 84.3 Å². The van der Waals surface area contributed by atoms with Crippen molar-refractivity contribution >= 4 is 33.2 Å². The van der Waals surface area contributed by atoms with Crippen LogP contribution in [0.5, 0.6) is 5.75 Å². The number of benzene rings is 2. The number of nitrogens with zero attached hydrogens (tertiary/aromatic N) is 2. The summed E-state index contributed by atoms with van der Waals surface area (Å²) >= 11 is 1.70. The molecule has 5 rings (SSSR count). The molecule has 2 N–H and O–H groups in total. The molecule has 0 amide bonds. The van der Waals surface area contributed by atoms with Gasteiger partial charge in [0.05, 0.1) is 11.8 Å². The normalized spacial score (nSPS) is 13.9. The van der Waals surface area contributed by atoms with Crippen LogP contribution in [0.15, 0.2) is 42.7 Å². The fourth-order valence-electron chi connectivity index (χ4n) is 4.87. The van der Waals surface area contributed by atoms with Crippen molar-refractivity contribution in [3.05, 3.63) is 70.1 Å². The molecule has 1 aliphatic rings. The lowest BCUT2D eigenvalue weighted by atomic mass is 10.1. The molecular weight excluding hydrogens is 477 g/mol. The number of aromatic carboxylic acids is 1. The van der Waals surface area contributed by atoms with Crippen LogP contribution in [0.1, 0.15) is 52.0 Å². The van der Waals surface area contributed by atoms with Crippen LogP contribution in [0.25, 0.3) is 21.3 Å². The van der Waals surface area contributed by atoms with Crippen molar-refractivity contribution < 1.29 is 19.0 Å². The first-order chi connectivity index (χ1) is 17.4. The van der Waals surface area contributed by atoms with Crippen molar-refractivity contribution in [3.8, 4) is 17.0 Å². The third-order valence-electron chi connectivity index (χ3n) is 6.70. The molecule has 0 saturated heterocycles. The maximum atomic E-state index is 14.0. The number of aryl methyl sites for hydroxylation is 2. The smallest absolute Gasteiger partial charge is 0.339 e. The number of carboxylic acid groups (broad SMARTS) is 1. The van der Waals surface area contributed by atoms with Crippen molar-refractivity contribution in [1.82, 2.24) is 9.97 Å². The van der Waals surface area contributed by atoms with Crippen LogP contribution in [0.4, 0.5) is 10.2 Å². The Kier molecular flexibility index (Phi) is 6.87. The van der Waals surface area contributed by atoms with Gasteiger partial charge in [-0.3, -0.25) is 0 Å². The highest BCUT2D eigenvalue weighted by molar-refractivity contribution is 7.19. The number of carboxylic acids is 1. The first-order valence-corrected chi connectivity index (χ1v) is 13.0. The summed E-state index contributed by atoms with van der Waals surface area (Å²) in [6, 6.07) is 10.1. The van der Waals surface area contributed by atoms with Crippen LogP contribution in [0.3, 0.4) is 0 Å². The van der Waals surface area contributed by atoms with E-state index in [-0.39, 0.29) is 17.5 Å². The second-order valence-corrected chi connectivity index (χ2v) is 10.5. The number of fused-ring (bicyclic) bond motifs is 1. The summed E-state index contributed by atoms with van der Waals surface area (Å²) in [5.74, 6) is -0.175. The Morgan fingerprint density at radius 3 is 2.75 bits per heavy atom. The maximum absolute atomic E-state index is 14.0. The van der Waals surface area contributed by atoms with Crippen LogP contribution in [0.2, 0.25) is 0 Å². The molecule has 2 heterocycles. The molecule has 2 aromatic carbocycles. The molecule has 1 aliphatic carbocycles. The summed E-state index contributed by atoms with van der Waals surface area (Å²) < 4.78 is 21.2. The van der Waals surface area contributed by atoms with Crippen molar-refractivity contribution in [1.29, 1.82) is 0 Å². The number of thiophene rings is 1. The first kappa shape index (κ1) is 24.2. The number of halogens is 1. The van der Waals surface area contributed by atoms with Gasteiger partial charge in [-0.15, -0.1) is 11.3 Å². The molecular formula is C28H28FN3O3S. The van der Waals surface area contributed by atoms with E-state index in [4.69, 9.17) is 4.74 Å². The number of aromatic nitrogens is 2. The molecule has 2 aromatic heterocycles. The van der Waals surface area contributed by atoms with Crippen molar-refractivity contribution in [2.24, 2.45) is 0 Å². The third-order valence-corrected chi connectivity index (χ3v) is 8.00. The summed E-state index contributed by atoms with van der Waals surface area (Å²) in [6.45, 7) is 4.65. The number of ether oxygens (including phenoxy) is 1. The lowest BCUT2D eigenvalue weighted by Crippen LogP contribution is -2.13. The second kappa shape index (κ2) is 10.2. The molecule has 36 heavy (non-hydrogen) atoms. The highest BCUT2D eigenvalue weighted by atomic mass is 32.1. The van der Waals surface area contributed by atoms with Gasteiger partial charge in [-0.25, -0.2) is 19.2 Å². The van der Waals surface area contributed by atoms with Gasteiger partial charge < -0.3 is 15.2 Å². The number of rotatable bonds is 8. The summed E-state index contributed by atoms with van der Waals surface area (Å²) in [4.78, 5) is 21.7. The number of carbonyl (C=O) groups is 1. The lowest BCUT2D eigenvalue weighted by Gasteiger charge is -2.16. The molecule has 1 fully saturated rings. The van der Waals surface area contributed by atoms with Gasteiger partial charge in [0, 0.05) is 27.8 Å². The van der Waals surface area contributed by atoms with E-state index in [1.807, 2.05) is 13.0 Å². The van der Waals surface area contributed by atoms with E-state index < -0.39 is 5.97 Å². The molecule has 186 valence electrons. The Labute approximate surface area is 213 Å². The summed E-state index contributed by atoms with van der Waals surface area (Å²) in [7, 11) is 0. The van der Waals surface area contributed by atoms with Gasteiger partial charge in [0.2, 0.25) is 0 Å². The fraction of sp³-hybridized carbons (Fsp3) is 0.321. The zero-order valence-corrected chi connectivity index (χ0v) is 21.1. The summed E-state index contributed by atoms with van der Waals surface area (Å²) in [6.07, 6.45) is 6.36. The van der Waals surface area contributed by atoms with Crippen LogP contribution in [-0.4, -0.2) is 33.7 Å². The minimum atomic E-state index is -1.01. The van der Waals surface area contributed by atoms with Crippen LogP contribution in [0, 0.1) is 19.7 Å². The minimum Gasteiger partial charge on any atom is -0.490 e. The molecule has 6 nitrogen and oxygen atoms in total. The van der Waals surface area contributed by atoms with Gasteiger partial charge in [0.1, 0.15) is 29.3 Å². The average molecular weight is 506 g/mol. The SMILES string of the molecule is Cc1sc2c(C)cc(F)cc2c1CCNc1cc(-c2ccc(C(=O)O)c(OC3CCCC3)c2)ncn1. The molecule has 0 bridgehead atoms. The summed E-state index contributed by atoms with van der Waals surface area (Å²) in [5.41, 5.74) is 3.71. The molecule has 1 saturated carbocycles. The Hall–Kier alpha value is -3.52. The van der Waals surface area contributed by atoms with Crippen molar-refractivity contribution in [2.75, 3.05) is 11.9 Å². The van der Waals surface area contributed by atoms with Crippen LogP contribution in [-0.2, 0) is 6.42 Å². The maximum Gasteiger partial charge on any atom is 0.339 e. The molecule has 0 atom stereocenters. The Morgan fingerprint density at radius 2 is 1.97 bits per heavy atom. The van der Waals surface area contributed by atoms with E-state index in [0.29, 0.717) is 23.8 Å².